The summed E-state index contributed by atoms with van der Waals surface area (Å²) in [5, 5.41) is 8.31. The van der Waals surface area contributed by atoms with Crippen LogP contribution < -0.4 is 16.0 Å². The Kier molecular flexibility index (Phi) is 6.36. The lowest BCUT2D eigenvalue weighted by Crippen LogP contribution is -2.30. The Morgan fingerprint density at radius 1 is 1.08 bits per heavy atom. The minimum atomic E-state index is -0.542. The molecule has 25 heavy (non-hydrogen) atoms. The van der Waals surface area contributed by atoms with E-state index in [-0.39, 0.29) is 29.4 Å². The fourth-order valence-electron chi connectivity index (χ4n) is 2.05. The third-order valence-electron chi connectivity index (χ3n) is 3.22. The molecule has 2 rings (SSSR count). The van der Waals surface area contributed by atoms with E-state index in [1.54, 1.807) is 24.3 Å². The van der Waals surface area contributed by atoms with Gasteiger partial charge in [-0.25, -0.2) is 4.39 Å². The fourth-order valence-corrected chi connectivity index (χ4v) is 2.23. The van der Waals surface area contributed by atoms with E-state index in [2.05, 4.69) is 16.0 Å². The zero-order chi connectivity index (χ0) is 18.4. The molecule has 0 saturated carbocycles. The number of benzene rings is 2. The van der Waals surface area contributed by atoms with Crippen molar-refractivity contribution in [3.05, 3.63) is 58.9 Å². The number of rotatable bonds is 6. The lowest BCUT2D eigenvalue weighted by molar-refractivity contribution is -0.114. The molecule has 0 aliphatic carbocycles. The van der Waals surface area contributed by atoms with Crippen LogP contribution in [0.5, 0.6) is 0 Å². The molecule has 0 aliphatic rings. The largest absolute Gasteiger partial charge is 0.376 e. The van der Waals surface area contributed by atoms with Gasteiger partial charge in [-0.05, 0) is 56.3 Å². The molecule has 0 spiro atoms. The molecule has 3 N–H and O–H groups in total. The van der Waals surface area contributed by atoms with Gasteiger partial charge in [0.2, 0.25) is 5.91 Å². The maximum atomic E-state index is 13.1. The first-order chi connectivity index (χ1) is 11.8. The minimum Gasteiger partial charge on any atom is -0.376 e. The summed E-state index contributed by atoms with van der Waals surface area (Å²) in [6, 6.07) is 10.8. The zero-order valence-corrected chi connectivity index (χ0v) is 14.7. The monoisotopic (exact) mass is 363 g/mol. The van der Waals surface area contributed by atoms with Crippen LogP contribution in [0.15, 0.2) is 42.5 Å². The maximum Gasteiger partial charge on any atom is 0.251 e. The molecule has 132 valence electrons. The summed E-state index contributed by atoms with van der Waals surface area (Å²) in [6.45, 7) is 3.80. The summed E-state index contributed by atoms with van der Waals surface area (Å²) in [6.07, 6.45) is 0. The van der Waals surface area contributed by atoms with Gasteiger partial charge >= 0.3 is 0 Å². The molecule has 0 bridgehead atoms. The molecular formula is C18H19ClFN3O2. The molecule has 2 aromatic carbocycles. The Morgan fingerprint density at radius 2 is 1.72 bits per heavy atom. The summed E-state index contributed by atoms with van der Waals surface area (Å²) < 4.78 is 13.1. The van der Waals surface area contributed by atoms with Gasteiger partial charge in [0.05, 0.1) is 11.6 Å². The van der Waals surface area contributed by atoms with E-state index in [9.17, 15) is 14.0 Å². The fraction of sp³-hybridized carbons (Fsp3) is 0.222. The molecule has 2 amide bonds. The third kappa shape index (κ3) is 5.76. The molecule has 5 nitrogen and oxygen atoms in total. The van der Waals surface area contributed by atoms with Crippen LogP contribution in [0, 0.1) is 5.82 Å². The van der Waals surface area contributed by atoms with Crippen molar-refractivity contribution >= 4 is 34.8 Å². The lowest BCUT2D eigenvalue weighted by atomic mass is 10.2. The first kappa shape index (κ1) is 18.7. The smallest absolute Gasteiger partial charge is 0.251 e. The van der Waals surface area contributed by atoms with Crippen LogP contribution in [-0.2, 0) is 4.79 Å². The number of carbonyl (C=O) groups is 2. The van der Waals surface area contributed by atoms with Gasteiger partial charge in [0.25, 0.3) is 5.91 Å². The highest BCUT2D eigenvalue weighted by atomic mass is 35.5. The van der Waals surface area contributed by atoms with Crippen LogP contribution >= 0.6 is 11.6 Å². The summed E-state index contributed by atoms with van der Waals surface area (Å²) in [7, 11) is 0. The van der Waals surface area contributed by atoms with E-state index in [0.29, 0.717) is 16.9 Å². The molecule has 0 aromatic heterocycles. The second-order valence-electron chi connectivity index (χ2n) is 5.74. The Labute approximate surface area is 150 Å². The summed E-state index contributed by atoms with van der Waals surface area (Å²) in [4.78, 5) is 23.8. The van der Waals surface area contributed by atoms with Gasteiger partial charge in [-0.2, -0.15) is 0 Å². The highest BCUT2D eigenvalue weighted by molar-refractivity contribution is 6.31. The standard InChI is InChI=1S/C18H19ClFN3O2/c1-11(2)22-18(25)12-3-5-13(6-4-12)21-10-17(24)23-14-7-8-16(20)15(19)9-14/h3-9,11,21H,10H2,1-2H3,(H,22,25)(H,23,24). The van der Waals surface area contributed by atoms with Gasteiger partial charge in [-0.3, -0.25) is 9.59 Å². The molecule has 0 radical (unpaired) electrons. The molecule has 0 fully saturated rings. The molecule has 0 saturated heterocycles. The van der Waals surface area contributed by atoms with Crippen LogP contribution in [0.25, 0.3) is 0 Å². The third-order valence-corrected chi connectivity index (χ3v) is 3.51. The van der Waals surface area contributed by atoms with Crippen molar-refractivity contribution in [1.82, 2.24) is 5.32 Å². The molecule has 0 heterocycles. The number of hydrogen-bond donors (Lipinski definition) is 3. The van der Waals surface area contributed by atoms with Gasteiger partial charge in [-0.1, -0.05) is 11.6 Å². The van der Waals surface area contributed by atoms with Crippen LogP contribution in [0.2, 0.25) is 5.02 Å². The predicted octanol–water partition coefficient (Wildman–Crippen LogP) is 3.67. The first-order valence-electron chi connectivity index (χ1n) is 7.75. The first-order valence-corrected chi connectivity index (χ1v) is 8.12. The lowest BCUT2D eigenvalue weighted by Gasteiger charge is -2.10. The van der Waals surface area contributed by atoms with E-state index < -0.39 is 5.82 Å². The highest BCUT2D eigenvalue weighted by Gasteiger charge is 2.08. The van der Waals surface area contributed by atoms with E-state index in [1.807, 2.05) is 13.8 Å². The minimum absolute atomic E-state index is 0.0204. The average Bonchev–Trinajstić information content (AvgIpc) is 2.56. The molecule has 0 aliphatic heterocycles. The average molecular weight is 364 g/mol. The molecule has 7 heteroatoms. The number of amides is 2. The van der Waals surface area contributed by atoms with Crippen LogP contribution in [0.1, 0.15) is 24.2 Å². The van der Waals surface area contributed by atoms with Crippen molar-refractivity contribution in [2.24, 2.45) is 0 Å². The van der Waals surface area contributed by atoms with Crippen LogP contribution in [0.3, 0.4) is 0 Å². The number of hydrogen-bond acceptors (Lipinski definition) is 3. The Bertz CT molecular complexity index is 763. The summed E-state index contributed by atoms with van der Waals surface area (Å²) >= 11 is 5.67. The highest BCUT2D eigenvalue weighted by Crippen LogP contribution is 2.19. The second kappa shape index (κ2) is 8.48. The number of halogens is 2. The molecule has 0 unspecified atom stereocenters. The van der Waals surface area contributed by atoms with Gasteiger partial charge in [0.15, 0.2) is 0 Å². The second-order valence-corrected chi connectivity index (χ2v) is 6.14. The Balaban J connectivity index is 1.87. The van der Waals surface area contributed by atoms with Crippen LogP contribution in [-0.4, -0.2) is 24.4 Å². The van der Waals surface area contributed by atoms with E-state index in [4.69, 9.17) is 11.6 Å². The van der Waals surface area contributed by atoms with E-state index in [0.717, 1.165) is 0 Å². The number of nitrogens with one attached hydrogen (secondary N) is 3. The predicted molar refractivity (Wildman–Crippen MR) is 97.6 cm³/mol. The van der Waals surface area contributed by atoms with Crippen molar-refractivity contribution in [2.45, 2.75) is 19.9 Å². The maximum absolute atomic E-state index is 13.1. The van der Waals surface area contributed by atoms with E-state index >= 15 is 0 Å². The quantitative estimate of drug-likeness (QED) is 0.733. The number of anilines is 2. The zero-order valence-electron chi connectivity index (χ0n) is 13.9. The number of carbonyl (C=O) groups excluding carboxylic acids is 2. The van der Waals surface area contributed by atoms with Gasteiger partial charge in [-0.15, -0.1) is 0 Å². The SMILES string of the molecule is CC(C)NC(=O)c1ccc(NCC(=O)Nc2ccc(F)c(Cl)c2)cc1. The van der Waals surface area contributed by atoms with Crippen molar-refractivity contribution in [3.63, 3.8) is 0 Å². The van der Waals surface area contributed by atoms with Crippen LogP contribution in [0.4, 0.5) is 15.8 Å². The topological polar surface area (TPSA) is 70.2 Å². The Morgan fingerprint density at radius 3 is 2.32 bits per heavy atom. The van der Waals surface area contributed by atoms with E-state index in [1.165, 1.54) is 18.2 Å². The normalized spacial score (nSPS) is 10.4. The van der Waals surface area contributed by atoms with Gasteiger partial charge in [0.1, 0.15) is 5.82 Å². The Hall–Kier alpha value is -2.60. The van der Waals surface area contributed by atoms with Crippen molar-refractivity contribution in [2.75, 3.05) is 17.2 Å². The summed E-state index contributed by atoms with van der Waals surface area (Å²) in [5.41, 5.74) is 1.66. The molecule has 0 atom stereocenters. The van der Waals surface area contributed by atoms with Gasteiger partial charge < -0.3 is 16.0 Å². The van der Waals surface area contributed by atoms with Crippen molar-refractivity contribution in [3.8, 4) is 0 Å². The van der Waals surface area contributed by atoms with Gasteiger partial charge in [0, 0.05) is 23.0 Å². The van der Waals surface area contributed by atoms with Crippen molar-refractivity contribution in [1.29, 1.82) is 0 Å². The van der Waals surface area contributed by atoms with Crippen molar-refractivity contribution < 1.29 is 14.0 Å². The molecule has 2 aromatic rings. The molecular weight excluding hydrogens is 345 g/mol. The summed E-state index contributed by atoms with van der Waals surface area (Å²) in [5.74, 6) is -0.990.